The Morgan fingerprint density at radius 2 is 1.69 bits per heavy atom. The molecule has 0 atom stereocenters. The maximum absolute atomic E-state index is 13.8. The summed E-state index contributed by atoms with van der Waals surface area (Å²) in [4.78, 5) is 31.7. The van der Waals surface area contributed by atoms with Crippen LogP contribution in [-0.2, 0) is 12.1 Å². The van der Waals surface area contributed by atoms with E-state index in [9.17, 15) is 14.7 Å². The average Bonchev–Trinajstić information content (AvgIpc) is 3.09. The SMILES string of the molecule is CN(C)C1(c2ccccc2)CCC2(CC1)CN(Cc1cccc(C(N)=O)c1)C(=O)N2CC1(O)CCC1. The summed E-state index contributed by atoms with van der Waals surface area (Å²) in [6, 6.07) is 17.9. The van der Waals surface area contributed by atoms with Crippen LogP contribution in [0.4, 0.5) is 4.79 Å². The minimum absolute atomic E-state index is 0.0168. The molecule has 7 heteroatoms. The number of β-amino-alcohol motifs (C(OH)–C–C–N with tert-alkyl or cyclic N) is 1. The third-order valence-corrected chi connectivity index (χ3v) is 9.06. The number of urea groups is 1. The molecule has 1 heterocycles. The van der Waals surface area contributed by atoms with E-state index >= 15 is 0 Å². The minimum Gasteiger partial charge on any atom is -0.388 e. The number of carbonyl (C=O) groups excluding carboxylic acids is 2. The lowest BCUT2D eigenvalue weighted by Crippen LogP contribution is -2.59. The van der Waals surface area contributed by atoms with Crippen molar-refractivity contribution >= 4 is 11.9 Å². The molecular weight excluding hydrogens is 452 g/mol. The molecule has 36 heavy (non-hydrogen) atoms. The minimum atomic E-state index is -0.778. The molecule has 0 bridgehead atoms. The number of hydrogen-bond acceptors (Lipinski definition) is 4. The Morgan fingerprint density at radius 1 is 1.00 bits per heavy atom. The first-order valence-electron chi connectivity index (χ1n) is 13.1. The van der Waals surface area contributed by atoms with E-state index in [1.54, 1.807) is 12.1 Å². The van der Waals surface area contributed by atoms with Crippen LogP contribution in [0, 0.1) is 0 Å². The molecule has 1 saturated heterocycles. The number of rotatable bonds is 7. The number of aliphatic hydroxyl groups is 1. The summed E-state index contributed by atoms with van der Waals surface area (Å²) in [5, 5.41) is 11.1. The summed E-state index contributed by atoms with van der Waals surface area (Å²) < 4.78 is 0. The van der Waals surface area contributed by atoms with Crippen molar-refractivity contribution in [1.82, 2.24) is 14.7 Å². The molecule has 3 aliphatic rings. The Morgan fingerprint density at radius 3 is 2.28 bits per heavy atom. The molecule has 7 nitrogen and oxygen atoms in total. The van der Waals surface area contributed by atoms with Crippen LogP contribution in [0.3, 0.4) is 0 Å². The van der Waals surface area contributed by atoms with Crippen molar-refractivity contribution in [1.29, 1.82) is 0 Å². The quantitative estimate of drug-likeness (QED) is 0.619. The third kappa shape index (κ3) is 4.28. The van der Waals surface area contributed by atoms with Gasteiger partial charge in [0.2, 0.25) is 5.91 Å². The highest BCUT2D eigenvalue weighted by Gasteiger charge is 2.56. The number of amides is 3. The molecule has 5 rings (SSSR count). The van der Waals surface area contributed by atoms with Crippen LogP contribution in [0.2, 0.25) is 0 Å². The topological polar surface area (TPSA) is 90.1 Å². The first-order chi connectivity index (χ1) is 17.2. The van der Waals surface area contributed by atoms with E-state index in [4.69, 9.17) is 5.73 Å². The summed E-state index contributed by atoms with van der Waals surface area (Å²) in [5.41, 5.74) is 6.98. The molecule has 1 spiro atoms. The van der Waals surface area contributed by atoms with Gasteiger partial charge in [-0.25, -0.2) is 4.79 Å². The Bertz CT molecular complexity index is 1120. The van der Waals surface area contributed by atoms with Crippen LogP contribution in [-0.4, -0.2) is 70.1 Å². The van der Waals surface area contributed by atoms with E-state index in [-0.39, 0.29) is 17.1 Å². The summed E-state index contributed by atoms with van der Waals surface area (Å²) in [5.74, 6) is -0.469. The first-order valence-corrected chi connectivity index (χ1v) is 13.1. The number of nitrogens with two attached hydrogens (primary N) is 1. The molecule has 2 saturated carbocycles. The van der Waals surface area contributed by atoms with Crippen molar-refractivity contribution in [2.75, 3.05) is 27.2 Å². The monoisotopic (exact) mass is 490 g/mol. The van der Waals surface area contributed by atoms with Gasteiger partial charge in [0, 0.05) is 24.2 Å². The molecule has 192 valence electrons. The Kier molecular flexibility index (Phi) is 6.33. The van der Waals surface area contributed by atoms with Gasteiger partial charge in [-0.2, -0.15) is 0 Å². The molecule has 0 unspecified atom stereocenters. The molecule has 3 amide bonds. The molecule has 3 fully saturated rings. The van der Waals surface area contributed by atoms with E-state index in [0.717, 1.165) is 50.5 Å². The molecular formula is C29H38N4O3. The van der Waals surface area contributed by atoms with E-state index in [1.165, 1.54) is 5.56 Å². The van der Waals surface area contributed by atoms with Crippen LogP contribution in [0.1, 0.15) is 66.4 Å². The summed E-state index contributed by atoms with van der Waals surface area (Å²) in [7, 11) is 4.30. The second-order valence-electron chi connectivity index (χ2n) is 11.4. The smallest absolute Gasteiger partial charge is 0.321 e. The summed E-state index contributed by atoms with van der Waals surface area (Å²) in [6.45, 7) is 1.44. The Balaban J connectivity index is 1.42. The van der Waals surface area contributed by atoms with Gasteiger partial charge in [-0.15, -0.1) is 0 Å². The highest BCUT2D eigenvalue weighted by molar-refractivity contribution is 5.92. The number of carbonyl (C=O) groups is 2. The number of primary amides is 1. The molecule has 2 aliphatic carbocycles. The number of nitrogens with zero attached hydrogens (tertiary/aromatic N) is 3. The van der Waals surface area contributed by atoms with Crippen LogP contribution >= 0.6 is 0 Å². The van der Waals surface area contributed by atoms with Crippen molar-refractivity contribution in [2.45, 2.75) is 68.2 Å². The van der Waals surface area contributed by atoms with Gasteiger partial charge in [0.15, 0.2) is 0 Å². The van der Waals surface area contributed by atoms with Gasteiger partial charge in [-0.1, -0.05) is 42.5 Å². The Labute approximate surface area is 213 Å². The second kappa shape index (κ2) is 9.20. The number of hydrogen-bond donors (Lipinski definition) is 2. The lowest BCUT2D eigenvalue weighted by molar-refractivity contribution is -0.0725. The molecule has 3 N–H and O–H groups in total. The molecule has 2 aromatic carbocycles. The predicted octanol–water partition coefficient (Wildman–Crippen LogP) is 3.71. The maximum atomic E-state index is 13.8. The van der Waals surface area contributed by atoms with Gasteiger partial charge in [0.25, 0.3) is 0 Å². The third-order valence-electron chi connectivity index (χ3n) is 9.06. The highest BCUT2D eigenvalue weighted by atomic mass is 16.3. The van der Waals surface area contributed by atoms with Gasteiger partial charge in [0.1, 0.15) is 0 Å². The van der Waals surface area contributed by atoms with Crippen LogP contribution in [0.25, 0.3) is 0 Å². The largest absolute Gasteiger partial charge is 0.388 e. The van der Waals surface area contributed by atoms with Gasteiger partial charge >= 0.3 is 6.03 Å². The van der Waals surface area contributed by atoms with Crippen molar-refractivity contribution in [2.24, 2.45) is 5.73 Å². The van der Waals surface area contributed by atoms with Gasteiger partial charge in [0.05, 0.1) is 17.7 Å². The standard InChI is InChI=1S/C29H38N4O3/c1-31(2)29(24-10-4-3-5-11-24)16-14-27(15-17-29)20-32(19-22-8-6-9-23(18-22)25(30)34)26(35)33(27)21-28(36)12-7-13-28/h3-6,8-11,18,36H,7,12-17,19-21H2,1-2H3,(H2,30,34). The van der Waals surface area contributed by atoms with E-state index in [0.29, 0.717) is 25.2 Å². The fraction of sp³-hybridized carbons (Fsp3) is 0.517. The zero-order valence-corrected chi connectivity index (χ0v) is 21.4. The molecule has 1 aliphatic heterocycles. The summed E-state index contributed by atoms with van der Waals surface area (Å²) >= 11 is 0. The van der Waals surface area contributed by atoms with E-state index in [2.05, 4.69) is 49.3 Å². The van der Waals surface area contributed by atoms with Crippen LogP contribution < -0.4 is 5.73 Å². The van der Waals surface area contributed by atoms with E-state index in [1.807, 2.05) is 21.9 Å². The first kappa shape index (κ1) is 24.8. The fourth-order valence-electron chi connectivity index (χ4n) is 6.62. The van der Waals surface area contributed by atoms with Crippen molar-refractivity contribution < 1.29 is 14.7 Å². The molecule has 2 aromatic rings. The van der Waals surface area contributed by atoms with Gasteiger partial charge in [-0.3, -0.25) is 9.69 Å². The van der Waals surface area contributed by atoms with Gasteiger partial charge in [-0.05, 0) is 82.3 Å². The lowest BCUT2D eigenvalue weighted by Gasteiger charge is -2.52. The van der Waals surface area contributed by atoms with Crippen LogP contribution in [0.15, 0.2) is 54.6 Å². The maximum Gasteiger partial charge on any atom is 0.321 e. The zero-order chi connectivity index (χ0) is 25.6. The normalized spacial score (nSPS) is 27.5. The average molecular weight is 491 g/mol. The Hall–Kier alpha value is -2.90. The zero-order valence-electron chi connectivity index (χ0n) is 21.4. The second-order valence-corrected chi connectivity index (χ2v) is 11.4. The molecule has 0 aromatic heterocycles. The fourth-order valence-corrected chi connectivity index (χ4v) is 6.62. The van der Waals surface area contributed by atoms with Crippen molar-refractivity contribution in [3.63, 3.8) is 0 Å². The summed E-state index contributed by atoms with van der Waals surface area (Å²) in [6.07, 6.45) is 6.14. The number of benzene rings is 2. The van der Waals surface area contributed by atoms with E-state index < -0.39 is 11.5 Å². The van der Waals surface area contributed by atoms with Crippen molar-refractivity contribution in [3.8, 4) is 0 Å². The lowest BCUT2D eigenvalue weighted by atomic mass is 9.67. The predicted molar refractivity (Wildman–Crippen MR) is 139 cm³/mol. The van der Waals surface area contributed by atoms with Gasteiger partial charge < -0.3 is 20.6 Å². The highest BCUT2D eigenvalue weighted by Crippen LogP contribution is 2.50. The molecule has 0 radical (unpaired) electrons. The van der Waals surface area contributed by atoms with Crippen LogP contribution in [0.5, 0.6) is 0 Å². The van der Waals surface area contributed by atoms with Crippen molar-refractivity contribution in [3.05, 3.63) is 71.3 Å².